The highest BCUT2D eigenvalue weighted by Crippen LogP contribution is 2.26. The van der Waals surface area contributed by atoms with Gasteiger partial charge in [0.05, 0.1) is 6.42 Å². The molecule has 0 fully saturated rings. The smallest absolute Gasteiger partial charge is 0.255 e. The molecule has 4 aromatic rings. The Morgan fingerprint density at radius 3 is 2.33 bits per heavy atom. The molecule has 0 bridgehead atoms. The number of nitrogens with one attached hydrogen (secondary N) is 2. The summed E-state index contributed by atoms with van der Waals surface area (Å²) in [6.45, 7) is 0.600. The van der Waals surface area contributed by atoms with E-state index in [2.05, 4.69) is 10.6 Å². The maximum absolute atomic E-state index is 13.3. The predicted molar refractivity (Wildman–Crippen MR) is 153 cm³/mol. The number of fused-ring (bicyclic) bond motifs is 1. The molecule has 0 unspecified atom stereocenters. The number of rotatable bonds is 13. The Labute approximate surface area is 231 Å². The van der Waals surface area contributed by atoms with Gasteiger partial charge in [-0.1, -0.05) is 54.6 Å². The fourth-order valence-corrected chi connectivity index (χ4v) is 5.02. The van der Waals surface area contributed by atoms with E-state index in [9.17, 15) is 14.4 Å². The summed E-state index contributed by atoms with van der Waals surface area (Å²) in [6.07, 6.45) is 2.25. The van der Waals surface area contributed by atoms with E-state index in [0.29, 0.717) is 31.7 Å². The lowest BCUT2D eigenvalue weighted by molar-refractivity contribution is -0.127. The van der Waals surface area contributed by atoms with Gasteiger partial charge in [0, 0.05) is 24.2 Å². The van der Waals surface area contributed by atoms with Crippen LogP contribution in [0.1, 0.15) is 22.3 Å². The van der Waals surface area contributed by atoms with Crippen LogP contribution in [0.25, 0.3) is 10.1 Å². The zero-order chi connectivity index (χ0) is 27.6. The molecule has 8 nitrogen and oxygen atoms in total. The van der Waals surface area contributed by atoms with Gasteiger partial charge in [-0.2, -0.15) is 0 Å². The van der Waals surface area contributed by atoms with Gasteiger partial charge < -0.3 is 26.8 Å². The number of carbonyl (C=O) groups is 3. The number of amides is 3. The average molecular weight is 544 g/mol. The van der Waals surface area contributed by atoms with Gasteiger partial charge in [-0.25, -0.2) is 0 Å². The summed E-state index contributed by atoms with van der Waals surface area (Å²) in [5, 5.41) is 8.97. The molecule has 9 heteroatoms. The van der Waals surface area contributed by atoms with Crippen LogP contribution in [0.3, 0.4) is 0 Å². The number of hydrogen-bond acceptors (Lipinski definition) is 6. The number of hydrogen-bond donors (Lipinski definition) is 4. The monoisotopic (exact) mass is 543 g/mol. The second kappa shape index (κ2) is 13.5. The molecule has 0 aliphatic rings. The van der Waals surface area contributed by atoms with Crippen LogP contribution < -0.4 is 26.8 Å². The second-order valence-corrected chi connectivity index (χ2v) is 9.98. The fourth-order valence-electron chi connectivity index (χ4n) is 4.04. The molecule has 201 valence electrons. The number of nitrogens with two attached hydrogens (primary N) is 2. The minimum Gasteiger partial charge on any atom is -0.484 e. The Bertz CT molecular complexity index is 1420. The standard InChI is InChI=1S/C30H31N4O4S/c31-16-21-5-7-22(8-6-21)17-33-30(37)26(15-23-19-39-27-4-2-1-3-25(23)27)34-29(36)14-11-20-9-12-24(13-10-20)38-18-28(32)35/h1-10,12-14,19,26H,11,15-18,31H2,(H2,32,35)(H,33,37)(H,34,36)/t26-/m0/s1. The molecule has 3 amide bonds. The van der Waals surface area contributed by atoms with Gasteiger partial charge in [-0.15, -0.1) is 11.3 Å². The van der Waals surface area contributed by atoms with Crippen molar-refractivity contribution in [1.29, 1.82) is 0 Å². The van der Waals surface area contributed by atoms with Crippen LogP contribution in [0.2, 0.25) is 0 Å². The third-order valence-corrected chi connectivity index (χ3v) is 7.18. The summed E-state index contributed by atoms with van der Waals surface area (Å²) < 4.78 is 6.39. The first-order chi connectivity index (χ1) is 18.9. The van der Waals surface area contributed by atoms with Crippen molar-refractivity contribution in [3.8, 4) is 5.75 Å². The van der Waals surface area contributed by atoms with Crippen molar-refractivity contribution in [2.45, 2.75) is 32.0 Å². The topological polar surface area (TPSA) is 137 Å². The third-order valence-electron chi connectivity index (χ3n) is 6.17. The fraction of sp³-hybridized carbons (Fsp3) is 0.200. The van der Waals surface area contributed by atoms with Crippen molar-refractivity contribution in [2.24, 2.45) is 11.5 Å². The van der Waals surface area contributed by atoms with Gasteiger partial charge in [0.25, 0.3) is 5.91 Å². The molecule has 4 rings (SSSR count). The maximum Gasteiger partial charge on any atom is 0.255 e. The quantitative estimate of drug-likeness (QED) is 0.206. The van der Waals surface area contributed by atoms with Crippen molar-refractivity contribution in [3.05, 3.63) is 107 Å². The van der Waals surface area contributed by atoms with E-state index in [1.165, 1.54) is 6.42 Å². The summed E-state index contributed by atoms with van der Waals surface area (Å²) in [5.41, 5.74) is 14.6. The van der Waals surface area contributed by atoms with Gasteiger partial charge in [0.1, 0.15) is 11.8 Å². The van der Waals surface area contributed by atoms with Crippen molar-refractivity contribution in [1.82, 2.24) is 10.6 Å². The molecule has 1 radical (unpaired) electrons. The maximum atomic E-state index is 13.3. The van der Waals surface area contributed by atoms with E-state index in [-0.39, 0.29) is 18.4 Å². The molecule has 1 atom stereocenters. The van der Waals surface area contributed by atoms with Crippen LogP contribution in [0.4, 0.5) is 0 Å². The number of primary amides is 1. The molecule has 6 N–H and O–H groups in total. The highest BCUT2D eigenvalue weighted by molar-refractivity contribution is 7.17. The Hall–Kier alpha value is -4.21. The lowest BCUT2D eigenvalue weighted by Gasteiger charge is -2.19. The first kappa shape index (κ1) is 27.8. The highest BCUT2D eigenvalue weighted by atomic mass is 32.1. The lowest BCUT2D eigenvalue weighted by atomic mass is 10.0. The summed E-state index contributed by atoms with van der Waals surface area (Å²) in [7, 11) is 0. The van der Waals surface area contributed by atoms with Gasteiger partial charge in [-0.3, -0.25) is 14.4 Å². The van der Waals surface area contributed by atoms with Crippen molar-refractivity contribution in [3.63, 3.8) is 0 Å². The number of benzene rings is 3. The number of ether oxygens (including phenoxy) is 1. The third kappa shape index (κ3) is 8.13. The van der Waals surface area contributed by atoms with Crippen LogP contribution in [0, 0.1) is 6.42 Å². The minimum atomic E-state index is -0.750. The molecule has 39 heavy (non-hydrogen) atoms. The SMILES string of the molecule is NCc1ccc(CNC(=O)[C@H](Cc2csc3ccccc23)NC(=O)[CH]Cc2ccc(OCC(N)=O)cc2)cc1. The Balaban J connectivity index is 1.39. The minimum absolute atomic E-state index is 0.199. The first-order valence-electron chi connectivity index (χ1n) is 12.6. The summed E-state index contributed by atoms with van der Waals surface area (Å²) >= 11 is 1.62. The van der Waals surface area contributed by atoms with Gasteiger partial charge in [-0.05, 0) is 57.6 Å². The van der Waals surface area contributed by atoms with Gasteiger partial charge in [0.15, 0.2) is 6.61 Å². The zero-order valence-electron chi connectivity index (χ0n) is 21.4. The molecule has 0 saturated heterocycles. The van der Waals surface area contributed by atoms with Crippen LogP contribution in [0.5, 0.6) is 5.75 Å². The first-order valence-corrected chi connectivity index (χ1v) is 13.4. The van der Waals surface area contributed by atoms with E-state index < -0.39 is 11.9 Å². The summed E-state index contributed by atoms with van der Waals surface area (Å²) in [6, 6.07) is 22.0. The van der Waals surface area contributed by atoms with Crippen LogP contribution in [0.15, 0.2) is 78.2 Å². The van der Waals surface area contributed by atoms with Gasteiger partial charge in [0.2, 0.25) is 11.8 Å². The van der Waals surface area contributed by atoms with E-state index in [0.717, 1.165) is 32.3 Å². The van der Waals surface area contributed by atoms with Crippen LogP contribution >= 0.6 is 11.3 Å². The molecular formula is C30H31N4O4S. The van der Waals surface area contributed by atoms with Crippen molar-refractivity contribution < 1.29 is 19.1 Å². The Kier molecular flexibility index (Phi) is 9.66. The van der Waals surface area contributed by atoms with E-state index >= 15 is 0 Å². The Morgan fingerprint density at radius 2 is 1.62 bits per heavy atom. The Morgan fingerprint density at radius 1 is 0.923 bits per heavy atom. The highest BCUT2D eigenvalue weighted by Gasteiger charge is 2.22. The molecule has 0 spiro atoms. The van der Waals surface area contributed by atoms with Crippen molar-refractivity contribution in [2.75, 3.05) is 6.61 Å². The van der Waals surface area contributed by atoms with Gasteiger partial charge >= 0.3 is 0 Å². The van der Waals surface area contributed by atoms with Crippen LogP contribution in [-0.4, -0.2) is 30.4 Å². The van der Waals surface area contributed by atoms with Crippen LogP contribution in [-0.2, 0) is 40.3 Å². The summed E-state index contributed by atoms with van der Waals surface area (Å²) in [4.78, 5) is 37.0. The van der Waals surface area contributed by atoms with E-state index in [1.54, 1.807) is 35.6 Å². The molecular weight excluding hydrogens is 512 g/mol. The molecule has 0 aliphatic carbocycles. The zero-order valence-corrected chi connectivity index (χ0v) is 22.2. The van der Waals surface area contributed by atoms with E-state index in [4.69, 9.17) is 16.2 Å². The molecule has 1 heterocycles. The molecule has 0 saturated carbocycles. The largest absolute Gasteiger partial charge is 0.484 e. The normalized spacial score (nSPS) is 11.6. The van der Waals surface area contributed by atoms with E-state index in [1.807, 2.05) is 53.9 Å². The van der Waals surface area contributed by atoms with Crippen molar-refractivity contribution >= 4 is 39.1 Å². The molecule has 1 aromatic heterocycles. The predicted octanol–water partition coefficient (Wildman–Crippen LogP) is 3.01. The number of thiophene rings is 1. The molecule has 3 aromatic carbocycles. The average Bonchev–Trinajstić information content (AvgIpc) is 3.37. The summed E-state index contributed by atoms with van der Waals surface area (Å²) in [5.74, 6) is -0.635. The lowest BCUT2D eigenvalue weighted by Crippen LogP contribution is -2.48. The molecule has 0 aliphatic heterocycles. The second-order valence-electron chi connectivity index (χ2n) is 9.07. The number of carbonyl (C=O) groups excluding carboxylic acids is 3.